The molecule has 0 atom stereocenters. The van der Waals surface area contributed by atoms with Crippen LogP contribution in [0, 0.1) is 0 Å². The Morgan fingerprint density at radius 2 is 1.09 bits per heavy atom. The van der Waals surface area contributed by atoms with E-state index >= 15 is 0 Å². The molecule has 6 aromatic rings. The second kappa shape index (κ2) is 8.83. The molecule has 0 aliphatic heterocycles. The Bertz CT molecular complexity index is 1550. The largest absolute Gasteiger partial charge is 0.306 e. The van der Waals surface area contributed by atoms with E-state index in [0.29, 0.717) is 0 Å². The molecule has 0 radical (unpaired) electrons. The molecule has 168 valence electrons. The van der Waals surface area contributed by atoms with Crippen LogP contribution < -0.4 is 13.7 Å². The van der Waals surface area contributed by atoms with E-state index < -0.39 is 0 Å². The van der Waals surface area contributed by atoms with Crippen LogP contribution in [0.2, 0.25) is 0 Å². The molecule has 35 heavy (non-hydrogen) atoms. The van der Waals surface area contributed by atoms with Crippen molar-refractivity contribution < 1.29 is 13.7 Å². The molecule has 0 saturated heterocycles. The van der Waals surface area contributed by atoms with Crippen LogP contribution in [0.3, 0.4) is 0 Å². The van der Waals surface area contributed by atoms with E-state index in [4.69, 9.17) is 0 Å². The molecule has 6 heteroatoms. The predicted octanol–water partition coefficient (Wildman–Crippen LogP) is 3.71. The molecule has 6 nitrogen and oxygen atoms in total. The molecule has 0 N–H and O–H groups in total. The molecular formula is C29H25N6+3. The van der Waals surface area contributed by atoms with E-state index in [1.807, 2.05) is 28.6 Å². The van der Waals surface area contributed by atoms with Crippen molar-refractivity contribution in [2.24, 2.45) is 7.05 Å². The van der Waals surface area contributed by atoms with E-state index in [9.17, 15) is 0 Å². The summed E-state index contributed by atoms with van der Waals surface area (Å²) in [5.74, 6) is 0. The van der Waals surface area contributed by atoms with Gasteiger partial charge in [-0.3, -0.25) is 0 Å². The molecule has 4 heterocycles. The SMILES string of the molecule is C[n+]1ccn(-c2ccc(-[n+]3ccc(-c4cc[n+](-c5ccc(-n6ccnc6)cc5)cc4)cc3)cc2)c1. The zero-order valence-electron chi connectivity index (χ0n) is 19.4. The number of imidazole rings is 2. The Hall–Kier alpha value is -4.84. The predicted molar refractivity (Wildman–Crippen MR) is 133 cm³/mol. The maximum atomic E-state index is 4.11. The van der Waals surface area contributed by atoms with Gasteiger partial charge in [-0.2, -0.15) is 9.13 Å². The first-order chi connectivity index (χ1) is 17.2. The van der Waals surface area contributed by atoms with Gasteiger partial charge in [0.25, 0.3) is 0 Å². The lowest BCUT2D eigenvalue weighted by molar-refractivity contribution is -0.670. The molecule has 0 bridgehead atoms. The number of benzene rings is 2. The fourth-order valence-electron chi connectivity index (χ4n) is 4.19. The van der Waals surface area contributed by atoms with Crippen molar-refractivity contribution in [2.45, 2.75) is 0 Å². The Morgan fingerprint density at radius 1 is 0.571 bits per heavy atom. The van der Waals surface area contributed by atoms with Crippen molar-refractivity contribution in [3.05, 3.63) is 135 Å². The van der Waals surface area contributed by atoms with Crippen LogP contribution in [0.15, 0.2) is 135 Å². The summed E-state index contributed by atoms with van der Waals surface area (Å²) in [4.78, 5) is 4.11. The number of nitrogens with zero attached hydrogens (tertiary/aromatic N) is 6. The smallest absolute Gasteiger partial charge is 0.248 e. The highest BCUT2D eigenvalue weighted by atomic mass is 15.1. The van der Waals surface area contributed by atoms with Gasteiger partial charge >= 0.3 is 0 Å². The Balaban J connectivity index is 1.17. The summed E-state index contributed by atoms with van der Waals surface area (Å²) in [5, 5.41) is 0. The zero-order chi connectivity index (χ0) is 23.6. The number of hydrogen-bond acceptors (Lipinski definition) is 1. The van der Waals surface area contributed by atoms with Crippen LogP contribution in [0.1, 0.15) is 0 Å². The summed E-state index contributed by atoms with van der Waals surface area (Å²) in [5.41, 5.74) is 6.83. The normalized spacial score (nSPS) is 11.0. The van der Waals surface area contributed by atoms with Crippen LogP contribution in [-0.2, 0) is 7.05 Å². The Morgan fingerprint density at radius 3 is 1.51 bits per heavy atom. The monoisotopic (exact) mass is 457 g/mol. The van der Waals surface area contributed by atoms with E-state index in [-0.39, 0.29) is 0 Å². The van der Waals surface area contributed by atoms with Crippen LogP contribution in [0.4, 0.5) is 0 Å². The molecule has 0 aliphatic carbocycles. The average molecular weight is 458 g/mol. The number of pyridine rings is 2. The van der Waals surface area contributed by atoms with Crippen LogP contribution in [0.25, 0.3) is 33.9 Å². The lowest BCUT2D eigenvalue weighted by Crippen LogP contribution is -2.29. The molecule has 0 fully saturated rings. The molecule has 0 unspecified atom stereocenters. The molecule has 0 aliphatic rings. The Kier molecular flexibility index (Phi) is 5.24. The number of hydrogen-bond donors (Lipinski definition) is 0. The van der Waals surface area contributed by atoms with Crippen molar-refractivity contribution in [1.29, 1.82) is 0 Å². The van der Waals surface area contributed by atoms with Gasteiger partial charge < -0.3 is 4.57 Å². The third kappa shape index (κ3) is 4.25. The summed E-state index contributed by atoms with van der Waals surface area (Å²) < 4.78 is 10.4. The third-order valence-corrected chi connectivity index (χ3v) is 6.16. The van der Waals surface area contributed by atoms with Gasteiger partial charge in [-0.25, -0.2) is 14.1 Å². The maximum absolute atomic E-state index is 4.11. The minimum Gasteiger partial charge on any atom is -0.306 e. The third-order valence-electron chi connectivity index (χ3n) is 6.16. The van der Waals surface area contributed by atoms with Gasteiger partial charge in [0.15, 0.2) is 24.8 Å². The van der Waals surface area contributed by atoms with Gasteiger partial charge in [0.05, 0.1) is 13.4 Å². The topological polar surface area (TPSA) is 34.4 Å². The molecule has 2 aromatic carbocycles. The van der Waals surface area contributed by atoms with Gasteiger partial charge in [-0.15, -0.1) is 0 Å². The first-order valence-corrected chi connectivity index (χ1v) is 11.5. The first-order valence-electron chi connectivity index (χ1n) is 11.5. The van der Waals surface area contributed by atoms with Gasteiger partial charge in [-0.1, -0.05) is 0 Å². The van der Waals surface area contributed by atoms with E-state index in [1.165, 1.54) is 11.1 Å². The highest BCUT2D eigenvalue weighted by Crippen LogP contribution is 2.17. The van der Waals surface area contributed by atoms with Crippen LogP contribution >= 0.6 is 0 Å². The number of rotatable bonds is 5. The van der Waals surface area contributed by atoms with Gasteiger partial charge in [0, 0.05) is 66.6 Å². The molecule has 0 spiro atoms. The number of aryl methyl sites for hydroxylation is 1. The summed E-state index contributed by atoms with van der Waals surface area (Å²) in [6, 6.07) is 25.6. The highest BCUT2D eigenvalue weighted by molar-refractivity contribution is 5.61. The standard InChI is InChI=1S/C29H25N6/c1-31-20-21-35(23-31)29-8-4-27(5-9-29)33-17-12-25(13-18-33)24-10-15-32(16-11-24)26-2-6-28(7-3-26)34-19-14-30-22-34/h2-23H,1H3/q+3. The van der Waals surface area contributed by atoms with E-state index in [1.54, 1.807) is 12.5 Å². The van der Waals surface area contributed by atoms with Crippen molar-refractivity contribution in [2.75, 3.05) is 0 Å². The minimum atomic E-state index is 1.09. The Labute approximate surface area is 203 Å². The lowest BCUT2D eigenvalue weighted by atomic mass is 10.1. The summed E-state index contributed by atoms with van der Waals surface area (Å²) >= 11 is 0. The van der Waals surface area contributed by atoms with E-state index in [0.717, 1.165) is 22.7 Å². The zero-order valence-corrected chi connectivity index (χ0v) is 19.4. The van der Waals surface area contributed by atoms with Crippen LogP contribution in [0.5, 0.6) is 0 Å². The van der Waals surface area contributed by atoms with Crippen molar-refractivity contribution >= 4 is 0 Å². The molecule has 0 amide bonds. The fourth-order valence-corrected chi connectivity index (χ4v) is 4.19. The highest BCUT2D eigenvalue weighted by Gasteiger charge is 2.11. The molecule has 0 saturated carbocycles. The maximum Gasteiger partial charge on any atom is 0.248 e. The van der Waals surface area contributed by atoms with Crippen molar-refractivity contribution in [3.8, 4) is 33.9 Å². The average Bonchev–Trinajstić information content (AvgIpc) is 3.62. The summed E-state index contributed by atoms with van der Waals surface area (Å²) in [7, 11) is 2.02. The molecule has 4 aromatic heterocycles. The second-order valence-corrected chi connectivity index (χ2v) is 8.48. The van der Waals surface area contributed by atoms with Gasteiger partial charge in [-0.05, 0) is 35.4 Å². The van der Waals surface area contributed by atoms with Crippen LogP contribution in [-0.4, -0.2) is 14.1 Å². The van der Waals surface area contributed by atoms with E-state index in [2.05, 4.69) is 129 Å². The fraction of sp³-hybridized carbons (Fsp3) is 0.0345. The summed E-state index contributed by atoms with van der Waals surface area (Å²) in [6.45, 7) is 0. The molecular weight excluding hydrogens is 432 g/mol. The van der Waals surface area contributed by atoms with Crippen molar-refractivity contribution in [3.63, 3.8) is 0 Å². The van der Waals surface area contributed by atoms with Gasteiger partial charge in [0.1, 0.15) is 18.1 Å². The first kappa shape index (κ1) is 20.7. The second-order valence-electron chi connectivity index (χ2n) is 8.48. The van der Waals surface area contributed by atoms with Crippen molar-refractivity contribution in [1.82, 2.24) is 14.1 Å². The molecule has 6 rings (SSSR count). The summed E-state index contributed by atoms with van der Waals surface area (Å²) in [6.07, 6.45) is 20.1. The quantitative estimate of drug-likeness (QED) is 0.364. The van der Waals surface area contributed by atoms with Gasteiger partial charge in [0.2, 0.25) is 17.7 Å². The lowest BCUT2D eigenvalue weighted by Gasteiger charge is -2.03. The minimum absolute atomic E-state index is 1.09. The number of aromatic nitrogens is 6.